The van der Waals surface area contributed by atoms with Gasteiger partial charge in [-0.15, -0.1) is 11.3 Å². The van der Waals surface area contributed by atoms with Crippen molar-refractivity contribution >= 4 is 17.3 Å². The summed E-state index contributed by atoms with van der Waals surface area (Å²) in [5.74, 6) is -0.726. The van der Waals surface area contributed by atoms with Crippen LogP contribution in [0.2, 0.25) is 0 Å². The number of carboxylic acids is 1. The van der Waals surface area contributed by atoms with Gasteiger partial charge in [-0.3, -0.25) is 9.69 Å². The van der Waals surface area contributed by atoms with Crippen molar-refractivity contribution in [2.45, 2.75) is 26.8 Å². The van der Waals surface area contributed by atoms with Crippen LogP contribution in [0.5, 0.6) is 0 Å². The largest absolute Gasteiger partial charge is 0.481 e. The first kappa shape index (κ1) is 12.2. The van der Waals surface area contributed by atoms with Gasteiger partial charge in [0, 0.05) is 18.0 Å². The summed E-state index contributed by atoms with van der Waals surface area (Å²) in [6.07, 6.45) is 0.220. The van der Waals surface area contributed by atoms with Gasteiger partial charge in [-0.25, -0.2) is 0 Å². The minimum Gasteiger partial charge on any atom is -0.481 e. The van der Waals surface area contributed by atoms with Crippen LogP contribution in [0.25, 0.3) is 0 Å². The average molecular weight is 227 g/mol. The number of aryl methyl sites for hydroxylation is 1. The fraction of sp³-hybridized carbons (Fsp3) is 0.545. The first-order chi connectivity index (χ1) is 7.13. The maximum Gasteiger partial charge on any atom is 0.304 e. The molecule has 0 fully saturated rings. The van der Waals surface area contributed by atoms with Gasteiger partial charge < -0.3 is 5.11 Å². The van der Waals surface area contributed by atoms with Crippen LogP contribution in [0.15, 0.2) is 11.4 Å². The SMILES string of the molecule is CCN(CCC(=O)O)Cc1sccc1C. The van der Waals surface area contributed by atoms with E-state index in [4.69, 9.17) is 5.11 Å². The van der Waals surface area contributed by atoms with E-state index in [-0.39, 0.29) is 6.42 Å². The third-order valence-electron chi connectivity index (χ3n) is 2.42. The first-order valence-electron chi connectivity index (χ1n) is 5.10. The summed E-state index contributed by atoms with van der Waals surface area (Å²) in [7, 11) is 0. The summed E-state index contributed by atoms with van der Waals surface area (Å²) in [5, 5.41) is 10.7. The van der Waals surface area contributed by atoms with Gasteiger partial charge in [0.25, 0.3) is 0 Å². The Hall–Kier alpha value is -0.870. The van der Waals surface area contributed by atoms with Gasteiger partial charge in [0.15, 0.2) is 0 Å². The molecule has 1 aromatic heterocycles. The standard InChI is InChI=1S/C11H17NO2S/c1-3-12(6-4-11(13)14)8-10-9(2)5-7-15-10/h5,7H,3-4,6,8H2,1-2H3,(H,13,14). The van der Waals surface area contributed by atoms with Crippen molar-refractivity contribution < 1.29 is 9.90 Å². The van der Waals surface area contributed by atoms with Gasteiger partial charge in [0.1, 0.15) is 0 Å². The number of rotatable bonds is 6. The molecule has 0 saturated heterocycles. The summed E-state index contributed by atoms with van der Waals surface area (Å²) >= 11 is 1.74. The molecular weight excluding hydrogens is 210 g/mol. The Labute approximate surface area is 94.3 Å². The number of aliphatic carboxylic acids is 1. The lowest BCUT2D eigenvalue weighted by molar-refractivity contribution is -0.137. The van der Waals surface area contributed by atoms with Gasteiger partial charge in [-0.05, 0) is 30.5 Å². The molecule has 0 aliphatic carbocycles. The zero-order valence-corrected chi connectivity index (χ0v) is 10.0. The Bertz CT molecular complexity index is 322. The van der Waals surface area contributed by atoms with Gasteiger partial charge >= 0.3 is 5.97 Å². The molecule has 0 unspecified atom stereocenters. The topological polar surface area (TPSA) is 40.5 Å². The maximum absolute atomic E-state index is 10.5. The first-order valence-corrected chi connectivity index (χ1v) is 5.98. The van der Waals surface area contributed by atoms with Crippen LogP contribution < -0.4 is 0 Å². The molecule has 1 aromatic rings. The van der Waals surface area contributed by atoms with E-state index < -0.39 is 5.97 Å². The van der Waals surface area contributed by atoms with E-state index in [9.17, 15) is 4.79 Å². The molecule has 0 spiro atoms. The number of hydrogen-bond donors (Lipinski definition) is 1. The quantitative estimate of drug-likeness (QED) is 0.811. The molecule has 0 atom stereocenters. The van der Waals surface area contributed by atoms with Gasteiger partial charge in [0.05, 0.1) is 6.42 Å². The van der Waals surface area contributed by atoms with E-state index in [0.717, 1.165) is 13.1 Å². The van der Waals surface area contributed by atoms with Crippen LogP contribution in [0, 0.1) is 6.92 Å². The smallest absolute Gasteiger partial charge is 0.304 e. The molecule has 0 saturated carbocycles. The summed E-state index contributed by atoms with van der Waals surface area (Å²) in [5.41, 5.74) is 1.30. The van der Waals surface area contributed by atoms with Crippen molar-refractivity contribution in [1.82, 2.24) is 4.90 Å². The fourth-order valence-electron chi connectivity index (χ4n) is 1.37. The molecule has 15 heavy (non-hydrogen) atoms. The number of nitrogens with zero attached hydrogens (tertiary/aromatic N) is 1. The van der Waals surface area contributed by atoms with Crippen molar-refractivity contribution in [3.63, 3.8) is 0 Å². The van der Waals surface area contributed by atoms with Crippen LogP contribution >= 0.6 is 11.3 Å². The minimum atomic E-state index is -0.726. The molecule has 1 rings (SSSR count). The van der Waals surface area contributed by atoms with Crippen molar-refractivity contribution in [2.75, 3.05) is 13.1 Å². The molecule has 3 nitrogen and oxygen atoms in total. The summed E-state index contributed by atoms with van der Waals surface area (Å²) in [4.78, 5) is 14.0. The average Bonchev–Trinajstić information content (AvgIpc) is 2.58. The van der Waals surface area contributed by atoms with E-state index in [1.54, 1.807) is 11.3 Å². The van der Waals surface area contributed by atoms with Crippen LogP contribution in [-0.4, -0.2) is 29.1 Å². The molecule has 0 radical (unpaired) electrons. The van der Waals surface area contributed by atoms with E-state index in [1.807, 2.05) is 0 Å². The number of hydrogen-bond acceptors (Lipinski definition) is 3. The summed E-state index contributed by atoms with van der Waals surface area (Å²) in [6, 6.07) is 2.10. The predicted molar refractivity (Wildman–Crippen MR) is 62.3 cm³/mol. The highest BCUT2D eigenvalue weighted by Gasteiger charge is 2.08. The van der Waals surface area contributed by atoms with Gasteiger partial charge in [-0.2, -0.15) is 0 Å². The van der Waals surface area contributed by atoms with Crippen molar-refractivity contribution in [1.29, 1.82) is 0 Å². The van der Waals surface area contributed by atoms with E-state index >= 15 is 0 Å². The Balaban J connectivity index is 2.47. The highest BCUT2D eigenvalue weighted by atomic mass is 32.1. The Kier molecular flexibility index (Phi) is 4.78. The normalized spacial score (nSPS) is 10.9. The molecule has 0 bridgehead atoms. The zero-order valence-electron chi connectivity index (χ0n) is 9.19. The fourth-order valence-corrected chi connectivity index (χ4v) is 2.32. The molecule has 84 valence electrons. The Morgan fingerprint density at radius 1 is 1.60 bits per heavy atom. The molecule has 0 aromatic carbocycles. The van der Waals surface area contributed by atoms with Crippen molar-refractivity contribution in [2.24, 2.45) is 0 Å². The van der Waals surface area contributed by atoms with Crippen LogP contribution in [0.1, 0.15) is 23.8 Å². The second-order valence-electron chi connectivity index (χ2n) is 3.54. The second-order valence-corrected chi connectivity index (χ2v) is 4.54. The van der Waals surface area contributed by atoms with Gasteiger partial charge in [0.2, 0.25) is 0 Å². The molecular formula is C11H17NO2S. The van der Waals surface area contributed by atoms with E-state index in [2.05, 4.69) is 30.2 Å². The third-order valence-corrected chi connectivity index (χ3v) is 3.43. The highest BCUT2D eigenvalue weighted by molar-refractivity contribution is 7.10. The predicted octanol–water partition coefficient (Wildman–Crippen LogP) is 2.35. The van der Waals surface area contributed by atoms with Crippen molar-refractivity contribution in [3.05, 3.63) is 21.9 Å². The van der Waals surface area contributed by atoms with Gasteiger partial charge in [-0.1, -0.05) is 6.92 Å². The Morgan fingerprint density at radius 3 is 2.80 bits per heavy atom. The Morgan fingerprint density at radius 2 is 2.33 bits per heavy atom. The lowest BCUT2D eigenvalue weighted by Gasteiger charge is -2.18. The van der Waals surface area contributed by atoms with Crippen LogP contribution in [0.4, 0.5) is 0 Å². The lowest BCUT2D eigenvalue weighted by atomic mass is 10.2. The number of carboxylic acid groups (broad SMARTS) is 1. The second kappa shape index (κ2) is 5.88. The monoisotopic (exact) mass is 227 g/mol. The third kappa shape index (κ3) is 4.01. The van der Waals surface area contributed by atoms with E-state index in [1.165, 1.54) is 10.4 Å². The molecule has 1 heterocycles. The van der Waals surface area contributed by atoms with Crippen molar-refractivity contribution in [3.8, 4) is 0 Å². The van der Waals surface area contributed by atoms with E-state index in [0.29, 0.717) is 6.54 Å². The summed E-state index contributed by atoms with van der Waals surface area (Å²) < 4.78 is 0. The maximum atomic E-state index is 10.5. The highest BCUT2D eigenvalue weighted by Crippen LogP contribution is 2.17. The molecule has 0 aliphatic heterocycles. The molecule has 1 N–H and O–H groups in total. The van der Waals surface area contributed by atoms with Crippen LogP contribution in [-0.2, 0) is 11.3 Å². The molecule has 4 heteroatoms. The van der Waals surface area contributed by atoms with Crippen LogP contribution in [0.3, 0.4) is 0 Å². The lowest BCUT2D eigenvalue weighted by Crippen LogP contribution is -2.25. The summed E-state index contributed by atoms with van der Waals surface area (Å²) in [6.45, 7) is 6.54. The molecule has 0 aliphatic rings. The molecule has 0 amide bonds. The number of thiophene rings is 1. The zero-order chi connectivity index (χ0) is 11.3. The minimum absolute atomic E-state index is 0.220. The number of carbonyl (C=O) groups is 1.